The van der Waals surface area contributed by atoms with Crippen molar-refractivity contribution >= 4 is 27.6 Å². The van der Waals surface area contributed by atoms with E-state index in [1.54, 1.807) is 6.07 Å². The molecule has 0 unspecified atom stereocenters. The highest BCUT2D eigenvalue weighted by atomic mass is 79.9. The Labute approximate surface area is 155 Å². The van der Waals surface area contributed by atoms with Crippen LogP contribution in [0.25, 0.3) is 0 Å². The fourth-order valence-corrected chi connectivity index (χ4v) is 6.14. The molecule has 2 N–H and O–H groups in total. The Hall–Kier alpha value is -1.81. The summed E-state index contributed by atoms with van der Waals surface area (Å²) in [7, 11) is 0. The van der Waals surface area contributed by atoms with Gasteiger partial charge in [0.15, 0.2) is 0 Å². The second kappa shape index (κ2) is 5.60. The number of para-hydroxylation sites is 1. The molecule has 128 valence electrons. The summed E-state index contributed by atoms with van der Waals surface area (Å²) >= 11 is 3.59. The Morgan fingerprint density at radius 2 is 1.92 bits per heavy atom. The monoisotopic (exact) mass is 397 g/mol. The van der Waals surface area contributed by atoms with Gasteiger partial charge in [0.1, 0.15) is 0 Å². The highest BCUT2D eigenvalue weighted by Crippen LogP contribution is 2.64. The molecule has 2 aliphatic carbocycles. The largest absolute Gasteiger partial charge is 0.478 e. The topological polar surface area (TPSA) is 49.3 Å². The summed E-state index contributed by atoms with van der Waals surface area (Å²) in [6.45, 7) is 0. The molecule has 3 aliphatic rings. The van der Waals surface area contributed by atoms with E-state index in [9.17, 15) is 9.90 Å². The van der Waals surface area contributed by atoms with Crippen LogP contribution in [0.15, 0.2) is 46.9 Å². The molecule has 5 rings (SSSR count). The van der Waals surface area contributed by atoms with Crippen molar-refractivity contribution in [3.8, 4) is 0 Å². The van der Waals surface area contributed by atoms with Crippen molar-refractivity contribution in [1.82, 2.24) is 0 Å². The SMILES string of the molecule is O=C(O)c1cccc2c1N[C@H](c1cccc(Br)c1)[C@H]1[C@H]3CC[C@@H](C3)[C@@H]21. The highest BCUT2D eigenvalue weighted by Gasteiger charge is 2.54. The molecular weight excluding hydrogens is 378 g/mol. The van der Waals surface area contributed by atoms with Crippen molar-refractivity contribution in [2.45, 2.75) is 31.2 Å². The van der Waals surface area contributed by atoms with Crippen LogP contribution in [-0.2, 0) is 0 Å². The predicted molar refractivity (Wildman–Crippen MR) is 101 cm³/mol. The molecule has 2 aromatic rings. The van der Waals surface area contributed by atoms with Gasteiger partial charge in [-0.15, -0.1) is 0 Å². The van der Waals surface area contributed by atoms with E-state index in [0.29, 0.717) is 23.3 Å². The quantitative estimate of drug-likeness (QED) is 0.708. The fraction of sp³-hybridized carbons (Fsp3) is 0.381. The molecule has 2 saturated carbocycles. The van der Waals surface area contributed by atoms with E-state index >= 15 is 0 Å². The van der Waals surface area contributed by atoms with Crippen molar-refractivity contribution in [2.24, 2.45) is 17.8 Å². The molecule has 4 heteroatoms. The second-order valence-corrected chi connectivity index (χ2v) is 8.60. The molecule has 0 saturated heterocycles. The smallest absolute Gasteiger partial charge is 0.337 e. The summed E-state index contributed by atoms with van der Waals surface area (Å²) in [4.78, 5) is 11.8. The van der Waals surface area contributed by atoms with Crippen LogP contribution < -0.4 is 5.32 Å². The van der Waals surface area contributed by atoms with E-state index in [1.807, 2.05) is 12.1 Å². The van der Waals surface area contributed by atoms with Crippen molar-refractivity contribution < 1.29 is 9.90 Å². The van der Waals surface area contributed by atoms with Gasteiger partial charge in [-0.1, -0.05) is 40.2 Å². The highest BCUT2D eigenvalue weighted by molar-refractivity contribution is 9.10. The van der Waals surface area contributed by atoms with Crippen LogP contribution in [0, 0.1) is 17.8 Å². The zero-order valence-electron chi connectivity index (χ0n) is 13.8. The van der Waals surface area contributed by atoms with Crippen LogP contribution in [-0.4, -0.2) is 11.1 Å². The van der Waals surface area contributed by atoms with Crippen LogP contribution in [0.2, 0.25) is 0 Å². The molecule has 5 atom stereocenters. The zero-order chi connectivity index (χ0) is 17.1. The van der Waals surface area contributed by atoms with Gasteiger partial charge in [0.25, 0.3) is 0 Å². The number of aromatic carboxylic acids is 1. The van der Waals surface area contributed by atoms with Crippen LogP contribution >= 0.6 is 15.9 Å². The Bertz CT molecular complexity index is 865. The van der Waals surface area contributed by atoms with Crippen molar-refractivity contribution in [3.63, 3.8) is 0 Å². The third-order valence-corrected chi connectivity index (χ3v) is 7.05. The second-order valence-electron chi connectivity index (χ2n) is 7.69. The minimum atomic E-state index is -0.848. The average molecular weight is 398 g/mol. The lowest BCUT2D eigenvalue weighted by molar-refractivity contribution is 0.0697. The van der Waals surface area contributed by atoms with E-state index in [0.717, 1.165) is 16.1 Å². The number of hydrogen-bond donors (Lipinski definition) is 2. The zero-order valence-corrected chi connectivity index (χ0v) is 15.4. The molecule has 25 heavy (non-hydrogen) atoms. The number of fused-ring (bicyclic) bond motifs is 7. The Morgan fingerprint density at radius 3 is 2.72 bits per heavy atom. The fourth-order valence-electron chi connectivity index (χ4n) is 5.72. The maximum Gasteiger partial charge on any atom is 0.337 e. The number of carbonyl (C=O) groups is 1. The van der Waals surface area contributed by atoms with Gasteiger partial charge in [-0.05, 0) is 72.3 Å². The number of nitrogens with one attached hydrogen (secondary N) is 1. The molecule has 2 bridgehead atoms. The molecule has 0 radical (unpaired) electrons. The summed E-state index contributed by atoms with van der Waals surface area (Å²) in [5, 5.41) is 13.3. The maximum absolute atomic E-state index is 11.8. The minimum Gasteiger partial charge on any atom is -0.478 e. The predicted octanol–water partition coefficient (Wildman–Crippen LogP) is 5.44. The molecule has 3 nitrogen and oxygen atoms in total. The Morgan fingerprint density at radius 1 is 1.12 bits per heavy atom. The number of hydrogen-bond acceptors (Lipinski definition) is 2. The Kier molecular flexibility index (Phi) is 3.46. The first-order valence-electron chi connectivity index (χ1n) is 9.01. The molecule has 2 aromatic carbocycles. The lowest BCUT2D eigenvalue weighted by Crippen LogP contribution is -2.36. The van der Waals surface area contributed by atoms with Crippen molar-refractivity contribution in [1.29, 1.82) is 0 Å². The lowest BCUT2D eigenvalue weighted by Gasteiger charge is -2.44. The maximum atomic E-state index is 11.8. The molecule has 2 fully saturated rings. The number of carboxylic acid groups (broad SMARTS) is 1. The van der Waals surface area contributed by atoms with Crippen LogP contribution in [0.1, 0.15) is 52.7 Å². The molecule has 1 heterocycles. The van der Waals surface area contributed by atoms with Gasteiger partial charge in [-0.25, -0.2) is 4.79 Å². The van der Waals surface area contributed by atoms with Gasteiger partial charge >= 0.3 is 5.97 Å². The van der Waals surface area contributed by atoms with Crippen molar-refractivity contribution in [2.75, 3.05) is 5.32 Å². The third kappa shape index (κ3) is 2.27. The summed E-state index contributed by atoms with van der Waals surface area (Å²) in [6, 6.07) is 14.4. The number of rotatable bonds is 2. The first kappa shape index (κ1) is 15.4. The first-order chi connectivity index (χ1) is 12.1. The first-order valence-corrected chi connectivity index (χ1v) is 9.81. The standard InChI is InChI=1S/C21H20BrNO2/c22-14-4-1-3-13(10-14)19-18-12-8-7-11(9-12)17(18)15-5-2-6-16(21(24)25)20(15)23-19/h1-6,10-12,17-19,23H,7-9H2,(H,24,25)/t11-,12-,17-,18-,19+/m0/s1. The summed E-state index contributed by atoms with van der Waals surface area (Å²) in [6.07, 6.45) is 3.89. The van der Waals surface area contributed by atoms with Gasteiger partial charge in [-0.2, -0.15) is 0 Å². The van der Waals surface area contributed by atoms with Crippen LogP contribution in [0.5, 0.6) is 0 Å². The number of anilines is 1. The molecule has 0 amide bonds. The van der Waals surface area contributed by atoms with E-state index < -0.39 is 5.97 Å². The van der Waals surface area contributed by atoms with E-state index in [2.05, 4.69) is 45.5 Å². The summed E-state index contributed by atoms with van der Waals surface area (Å²) < 4.78 is 1.07. The van der Waals surface area contributed by atoms with Gasteiger partial charge in [-0.3, -0.25) is 0 Å². The Balaban J connectivity index is 1.68. The van der Waals surface area contributed by atoms with Gasteiger partial charge < -0.3 is 10.4 Å². The van der Waals surface area contributed by atoms with E-state index in [1.165, 1.54) is 30.4 Å². The summed E-state index contributed by atoms with van der Waals surface area (Å²) in [5.74, 6) is 1.64. The van der Waals surface area contributed by atoms with Crippen LogP contribution in [0.4, 0.5) is 5.69 Å². The van der Waals surface area contributed by atoms with E-state index in [-0.39, 0.29) is 6.04 Å². The molecule has 1 aliphatic heterocycles. The number of carboxylic acids is 1. The normalized spacial score (nSPS) is 32.0. The molecule has 0 spiro atoms. The van der Waals surface area contributed by atoms with Gasteiger partial charge in [0.2, 0.25) is 0 Å². The molecule has 0 aromatic heterocycles. The van der Waals surface area contributed by atoms with Crippen LogP contribution in [0.3, 0.4) is 0 Å². The average Bonchev–Trinajstić information content (AvgIpc) is 3.22. The molecular formula is C21H20BrNO2. The van der Waals surface area contributed by atoms with Gasteiger partial charge in [0, 0.05) is 4.47 Å². The number of benzene rings is 2. The van der Waals surface area contributed by atoms with Crippen molar-refractivity contribution in [3.05, 3.63) is 63.6 Å². The summed E-state index contributed by atoms with van der Waals surface area (Å²) in [5.41, 5.74) is 3.72. The number of halogens is 1. The van der Waals surface area contributed by atoms with E-state index in [4.69, 9.17) is 0 Å². The minimum absolute atomic E-state index is 0.186. The lowest BCUT2D eigenvalue weighted by atomic mass is 9.67. The third-order valence-electron chi connectivity index (χ3n) is 6.56. The van der Waals surface area contributed by atoms with Gasteiger partial charge in [0.05, 0.1) is 17.3 Å².